The zero-order chi connectivity index (χ0) is 21.6. The molecule has 0 fully saturated rings. The Labute approximate surface area is 177 Å². The van der Waals surface area contributed by atoms with Gasteiger partial charge in [0.2, 0.25) is 10.0 Å². The topological polar surface area (TPSA) is 131 Å². The summed E-state index contributed by atoms with van der Waals surface area (Å²) in [4.78, 5) is 25.8. The minimum Gasteiger partial charge on any atom is -0.452 e. The quantitative estimate of drug-likeness (QED) is 0.638. The number of nitriles is 1. The lowest BCUT2D eigenvalue weighted by Gasteiger charge is -2.22. The summed E-state index contributed by atoms with van der Waals surface area (Å²) in [5.41, 5.74) is 0.181. The van der Waals surface area contributed by atoms with Crippen LogP contribution >= 0.6 is 23.2 Å². The molecular weight excluding hydrogens is 441 g/mol. The molecule has 0 bridgehead atoms. The largest absolute Gasteiger partial charge is 0.452 e. The lowest BCUT2D eigenvalue weighted by molar-refractivity contribution is -0.121. The Bertz CT molecular complexity index is 1080. The summed E-state index contributed by atoms with van der Waals surface area (Å²) in [6, 6.07) is 11.6. The Hall–Kier alpha value is -2.64. The summed E-state index contributed by atoms with van der Waals surface area (Å²) in [5.74, 6) is -1.60. The molecule has 152 valence electrons. The van der Waals surface area contributed by atoms with Gasteiger partial charge in [0.25, 0.3) is 5.91 Å². The van der Waals surface area contributed by atoms with Crippen LogP contribution in [0.5, 0.6) is 0 Å². The van der Waals surface area contributed by atoms with Crippen LogP contribution in [0, 0.1) is 11.3 Å². The maximum atomic E-state index is 12.6. The molecule has 11 heteroatoms. The maximum Gasteiger partial charge on any atom is 0.340 e. The van der Waals surface area contributed by atoms with Gasteiger partial charge >= 0.3 is 5.97 Å². The average molecular weight is 456 g/mol. The smallest absolute Gasteiger partial charge is 0.340 e. The van der Waals surface area contributed by atoms with Crippen LogP contribution in [0.15, 0.2) is 47.4 Å². The fraction of sp³-hybridized carbons (Fsp3) is 0.167. The second-order valence-electron chi connectivity index (χ2n) is 5.70. The Balaban J connectivity index is 2.17. The number of sulfonamides is 1. The zero-order valence-corrected chi connectivity index (χ0v) is 17.2. The third kappa shape index (κ3) is 6.17. The summed E-state index contributed by atoms with van der Waals surface area (Å²) < 4.78 is 27.9. The highest BCUT2D eigenvalue weighted by Crippen LogP contribution is 2.22. The van der Waals surface area contributed by atoms with Gasteiger partial charge in [-0.3, -0.25) is 4.79 Å². The van der Waals surface area contributed by atoms with Crippen molar-refractivity contribution < 1.29 is 22.7 Å². The number of halogens is 2. The van der Waals surface area contributed by atoms with Gasteiger partial charge in [-0.05, 0) is 36.4 Å². The molecule has 2 rings (SSSR count). The molecule has 0 aromatic heterocycles. The molecule has 8 nitrogen and oxygen atoms in total. The van der Waals surface area contributed by atoms with Crippen molar-refractivity contribution in [2.24, 2.45) is 5.14 Å². The van der Waals surface area contributed by atoms with E-state index >= 15 is 0 Å². The predicted octanol–water partition coefficient (Wildman–Crippen LogP) is 2.74. The van der Waals surface area contributed by atoms with E-state index in [9.17, 15) is 18.0 Å². The third-order valence-corrected chi connectivity index (χ3v) is 5.16. The summed E-state index contributed by atoms with van der Waals surface area (Å²) in [5, 5.41) is 14.2. The first kappa shape index (κ1) is 22.6. The highest BCUT2D eigenvalue weighted by Gasteiger charge is 2.21. The van der Waals surface area contributed by atoms with Crippen LogP contribution in [-0.4, -0.2) is 33.4 Å². The molecular formula is C18H15Cl2N3O5S. The van der Waals surface area contributed by atoms with Crippen LogP contribution in [0.1, 0.15) is 16.8 Å². The number of hydrogen-bond acceptors (Lipinski definition) is 6. The molecule has 0 radical (unpaired) electrons. The van der Waals surface area contributed by atoms with Gasteiger partial charge in [-0.2, -0.15) is 5.26 Å². The number of anilines is 1. The maximum absolute atomic E-state index is 12.6. The van der Waals surface area contributed by atoms with Gasteiger partial charge in [0.1, 0.15) is 0 Å². The monoisotopic (exact) mass is 455 g/mol. The van der Waals surface area contributed by atoms with Crippen molar-refractivity contribution in [1.82, 2.24) is 0 Å². The van der Waals surface area contributed by atoms with Crippen molar-refractivity contribution >= 4 is 50.8 Å². The van der Waals surface area contributed by atoms with Gasteiger partial charge in [0, 0.05) is 17.3 Å². The normalized spacial score (nSPS) is 10.8. The lowest BCUT2D eigenvalue weighted by Crippen LogP contribution is -2.35. The lowest BCUT2D eigenvalue weighted by atomic mass is 10.2. The first-order chi connectivity index (χ1) is 13.6. The Morgan fingerprint density at radius 3 is 2.52 bits per heavy atom. The average Bonchev–Trinajstić information content (AvgIpc) is 2.66. The van der Waals surface area contributed by atoms with E-state index in [1.165, 1.54) is 17.0 Å². The third-order valence-electron chi connectivity index (χ3n) is 3.68. The Morgan fingerprint density at radius 2 is 1.90 bits per heavy atom. The zero-order valence-electron chi connectivity index (χ0n) is 14.8. The number of ether oxygens (including phenoxy) is 1. The van der Waals surface area contributed by atoms with Crippen LogP contribution in [0.4, 0.5) is 5.69 Å². The van der Waals surface area contributed by atoms with Crippen LogP contribution in [-0.2, 0) is 19.6 Å². The highest BCUT2D eigenvalue weighted by molar-refractivity contribution is 7.89. The van der Waals surface area contributed by atoms with Gasteiger partial charge in [0.15, 0.2) is 6.61 Å². The summed E-state index contributed by atoms with van der Waals surface area (Å²) in [7, 11) is -4.06. The molecule has 0 heterocycles. The molecule has 0 aliphatic rings. The standard InChI is InChI=1S/C18H15Cl2N3O5S/c19-12-3-1-4-13(9-12)23(8-2-7-21)17(24)11-28-18(25)15-10-14(29(22,26)27)5-6-16(15)20/h1,3-6,9-10H,2,8,11H2,(H2,22,26,27). The molecule has 2 aromatic carbocycles. The molecule has 0 atom stereocenters. The van der Waals surface area contributed by atoms with E-state index < -0.39 is 28.5 Å². The van der Waals surface area contributed by atoms with E-state index in [1.54, 1.807) is 18.2 Å². The number of hydrogen-bond donors (Lipinski definition) is 1. The number of nitrogens with two attached hydrogens (primary N) is 1. The summed E-state index contributed by atoms with van der Waals surface area (Å²) in [6.07, 6.45) is 0.0500. The van der Waals surface area contributed by atoms with E-state index in [2.05, 4.69) is 0 Å². The number of rotatable bonds is 7. The predicted molar refractivity (Wildman–Crippen MR) is 107 cm³/mol. The molecule has 0 saturated heterocycles. The number of carbonyl (C=O) groups excluding carboxylic acids is 2. The van der Waals surface area contributed by atoms with Gasteiger partial charge < -0.3 is 9.64 Å². The van der Waals surface area contributed by atoms with Crippen molar-refractivity contribution in [2.45, 2.75) is 11.3 Å². The molecule has 0 spiro atoms. The highest BCUT2D eigenvalue weighted by atomic mass is 35.5. The van der Waals surface area contributed by atoms with E-state index in [-0.39, 0.29) is 28.4 Å². The first-order valence-corrected chi connectivity index (χ1v) is 10.4. The van der Waals surface area contributed by atoms with Crippen molar-refractivity contribution in [2.75, 3.05) is 18.1 Å². The SMILES string of the molecule is N#CCCN(C(=O)COC(=O)c1cc(S(N)(=O)=O)ccc1Cl)c1cccc(Cl)c1. The number of nitrogens with zero attached hydrogens (tertiary/aromatic N) is 2. The first-order valence-electron chi connectivity index (χ1n) is 8.06. The van der Waals surface area contributed by atoms with Crippen molar-refractivity contribution in [1.29, 1.82) is 5.26 Å². The van der Waals surface area contributed by atoms with Crippen LogP contribution in [0.2, 0.25) is 10.0 Å². The van der Waals surface area contributed by atoms with E-state index in [0.717, 1.165) is 12.1 Å². The molecule has 1 amide bonds. The fourth-order valence-corrected chi connectivity index (χ4v) is 3.24. The summed E-state index contributed by atoms with van der Waals surface area (Å²) >= 11 is 11.9. The molecule has 0 saturated carbocycles. The molecule has 2 N–H and O–H groups in total. The van der Waals surface area contributed by atoms with Crippen molar-refractivity contribution in [3.05, 3.63) is 58.1 Å². The minimum absolute atomic E-state index is 0.0500. The van der Waals surface area contributed by atoms with Gasteiger partial charge in [0.05, 0.1) is 28.0 Å². The molecule has 29 heavy (non-hydrogen) atoms. The van der Waals surface area contributed by atoms with Gasteiger partial charge in [-0.15, -0.1) is 0 Å². The van der Waals surface area contributed by atoms with Crippen LogP contribution in [0.3, 0.4) is 0 Å². The number of carbonyl (C=O) groups is 2. The molecule has 0 unspecified atom stereocenters. The van der Waals surface area contributed by atoms with Gasteiger partial charge in [-0.1, -0.05) is 29.3 Å². The molecule has 0 aliphatic carbocycles. The summed E-state index contributed by atoms with van der Waals surface area (Å²) in [6.45, 7) is -0.596. The van der Waals surface area contributed by atoms with Gasteiger partial charge in [-0.25, -0.2) is 18.4 Å². The van der Waals surface area contributed by atoms with Crippen LogP contribution < -0.4 is 10.0 Å². The van der Waals surface area contributed by atoms with Crippen LogP contribution in [0.25, 0.3) is 0 Å². The van der Waals surface area contributed by atoms with Crippen molar-refractivity contribution in [3.8, 4) is 6.07 Å². The van der Waals surface area contributed by atoms with E-state index in [4.69, 9.17) is 38.3 Å². The van der Waals surface area contributed by atoms with E-state index in [0.29, 0.717) is 10.7 Å². The number of amides is 1. The number of primary sulfonamides is 1. The Morgan fingerprint density at radius 1 is 1.17 bits per heavy atom. The number of esters is 1. The second-order valence-corrected chi connectivity index (χ2v) is 8.10. The Kier molecular flexibility index (Phi) is 7.59. The molecule has 2 aromatic rings. The van der Waals surface area contributed by atoms with Crippen molar-refractivity contribution in [3.63, 3.8) is 0 Å². The number of benzene rings is 2. The second kappa shape index (κ2) is 9.71. The minimum atomic E-state index is -4.06. The van der Waals surface area contributed by atoms with E-state index in [1.807, 2.05) is 6.07 Å². The fourth-order valence-electron chi connectivity index (χ4n) is 2.32. The molecule has 0 aliphatic heterocycles.